The number of carbonyl (C=O) groups is 2. The largest absolute Gasteiger partial charge is 0.465 e. The fraction of sp³-hybridized carbons (Fsp3) is 0.389. The molecule has 1 saturated heterocycles. The number of rotatable bonds is 3. The van der Waals surface area contributed by atoms with Gasteiger partial charge in [-0.25, -0.2) is 9.59 Å². The fourth-order valence-electron chi connectivity index (χ4n) is 3.28. The first-order valence-electron chi connectivity index (χ1n) is 8.20. The van der Waals surface area contributed by atoms with E-state index in [4.69, 9.17) is 4.52 Å². The Labute approximate surface area is 145 Å². The monoisotopic (exact) mass is 343 g/mol. The second-order valence-electron chi connectivity index (χ2n) is 6.09. The maximum absolute atomic E-state index is 12.7. The lowest BCUT2D eigenvalue weighted by molar-refractivity contribution is 0.0600. The van der Waals surface area contributed by atoms with E-state index in [-0.39, 0.29) is 12.1 Å². The second-order valence-corrected chi connectivity index (χ2v) is 6.09. The third-order valence-electron chi connectivity index (χ3n) is 4.49. The molecule has 3 rings (SSSR count). The van der Waals surface area contributed by atoms with Gasteiger partial charge in [0.1, 0.15) is 5.76 Å². The SMILES string of the molecule is COC(=O)c1ccc(NC(=O)N2CCC[C@@H]2c2c(C)noc2C)cc1. The maximum Gasteiger partial charge on any atom is 0.337 e. The molecular formula is C18H21N3O4. The van der Waals surface area contributed by atoms with Gasteiger partial charge in [0.25, 0.3) is 0 Å². The van der Waals surface area contributed by atoms with E-state index in [1.165, 1.54) is 7.11 Å². The zero-order valence-electron chi connectivity index (χ0n) is 14.5. The minimum Gasteiger partial charge on any atom is -0.465 e. The number of nitrogens with one attached hydrogen (secondary N) is 1. The molecule has 7 nitrogen and oxygen atoms in total. The Hall–Kier alpha value is -2.83. The highest BCUT2D eigenvalue weighted by Gasteiger charge is 2.33. The van der Waals surface area contributed by atoms with E-state index < -0.39 is 5.97 Å². The zero-order chi connectivity index (χ0) is 18.0. The molecule has 0 unspecified atom stereocenters. The van der Waals surface area contributed by atoms with Crippen molar-refractivity contribution in [2.45, 2.75) is 32.7 Å². The Morgan fingerprint density at radius 2 is 2.00 bits per heavy atom. The van der Waals surface area contributed by atoms with E-state index in [1.807, 2.05) is 13.8 Å². The van der Waals surface area contributed by atoms with E-state index in [9.17, 15) is 9.59 Å². The summed E-state index contributed by atoms with van der Waals surface area (Å²) in [6.45, 7) is 4.45. The van der Waals surface area contributed by atoms with E-state index in [2.05, 4.69) is 15.2 Å². The van der Waals surface area contributed by atoms with Crippen LogP contribution >= 0.6 is 0 Å². The topological polar surface area (TPSA) is 84.7 Å². The number of hydrogen-bond donors (Lipinski definition) is 1. The smallest absolute Gasteiger partial charge is 0.337 e. The number of ether oxygens (including phenoxy) is 1. The predicted octanol–water partition coefficient (Wildman–Crippen LogP) is 3.45. The molecule has 0 radical (unpaired) electrons. The lowest BCUT2D eigenvalue weighted by Gasteiger charge is -2.25. The Kier molecular flexibility index (Phi) is 4.74. The van der Waals surface area contributed by atoms with Gasteiger partial charge in [0.05, 0.1) is 24.4 Å². The Morgan fingerprint density at radius 1 is 1.28 bits per heavy atom. The van der Waals surface area contributed by atoms with E-state index >= 15 is 0 Å². The van der Waals surface area contributed by atoms with Gasteiger partial charge in [-0.3, -0.25) is 0 Å². The van der Waals surface area contributed by atoms with Crippen molar-refractivity contribution < 1.29 is 18.8 Å². The van der Waals surface area contributed by atoms with Crippen LogP contribution < -0.4 is 5.32 Å². The van der Waals surface area contributed by atoms with Gasteiger partial charge in [-0.1, -0.05) is 5.16 Å². The summed E-state index contributed by atoms with van der Waals surface area (Å²) in [6, 6.07) is 6.42. The highest BCUT2D eigenvalue weighted by atomic mass is 16.5. The number of anilines is 1. The van der Waals surface area contributed by atoms with Crippen LogP contribution in [0.2, 0.25) is 0 Å². The Bertz CT molecular complexity index is 763. The number of urea groups is 1. The number of carbonyl (C=O) groups excluding carboxylic acids is 2. The molecule has 1 atom stereocenters. The lowest BCUT2D eigenvalue weighted by Crippen LogP contribution is -2.34. The molecule has 0 spiro atoms. The molecule has 7 heteroatoms. The van der Waals surface area contributed by atoms with Crippen LogP contribution in [0.3, 0.4) is 0 Å². The minimum atomic E-state index is -0.407. The molecule has 1 aromatic carbocycles. The van der Waals surface area contributed by atoms with Gasteiger partial charge in [0.2, 0.25) is 0 Å². The van der Waals surface area contributed by atoms with E-state index in [0.717, 1.165) is 29.9 Å². The van der Waals surface area contributed by atoms with Crippen molar-refractivity contribution >= 4 is 17.7 Å². The molecule has 0 bridgehead atoms. The normalized spacial score (nSPS) is 16.8. The molecule has 1 aliphatic rings. The van der Waals surface area contributed by atoms with Crippen molar-refractivity contribution in [2.75, 3.05) is 19.0 Å². The lowest BCUT2D eigenvalue weighted by atomic mass is 10.0. The number of likely N-dealkylation sites (tertiary alicyclic amines) is 1. The summed E-state index contributed by atoms with van der Waals surface area (Å²) < 4.78 is 9.92. The molecule has 1 aromatic heterocycles. The number of esters is 1. The summed E-state index contributed by atoms with van der Waals surface area (Å²) in [5.41, 5.74) is 2.88. The average Bonchev–Trinajstić information content (AvgIpc) is 3.21. The van der Waals surface area contributed by atoms with Crippen molar-refractivity contribution in [3.05, 3.63) is 46.8 Å². The van der Waals surface area contributed by atoms with Crippen LogP contribution in [0.4, 0.5) is 10.5 Å². The maximum atomic E-state index is 12.7. The van der Waals surface area contributed by atoms with Crippen molar-refractivity contribution in [1.29, 1.82) is 0 Å². The van der Waals surface area contributed by atoms with Crippen LogP contribution in [0, 0.1) is 13.8 Å². The van der Waals surface area contributed by atoms with Gasteiger partial charge in [0.15, 0.2) is 0 Å². The van der Waals surface area contributed by atoms with Gasteiger partial charge in [0, 0.05) is 17.8 Å². The third-order valence-corrected chi connectivity index (χ3v) is 4.49. The first kappa shape index (κ1) is 17.0. The summed E-state index contributed by atoms with van der Waals surface area (Å²) in [5.74, 6) is 0.348. The van der Waals surface area contributed by atoms with Crippen molar-refractivity contribution in [1.82, 2.24) is 10.1 Å². The third kappa shape index (κ3) is 3.35. The molecule has 25 heavy (non-hydrogen) atoms. The fourth-order valence-corrected chi connectivity index (χ4v) is 3.28. The van der Waals surface area contributed by atoms with Gasteiger partial charge in [-0.05, 0) is 51.0 Å². The van der Waals surface area contributed by atoms with Crippen molar-refractivity contribution in [3.8, 4) is 0 Å². The molecule has 2 heterocycles. The highest BCUT2D eigenvalue weighted by molar-refractivity contribution is 5.92. The summed E-state index contributed by atoms with van der Waals surface area (Å²) in [7, 11) is 1.33. The molecule has 2 aromatic rings. The molecule has 2 amide bonds. The molecule has 0 aliphatic carbocycles. The van der Waals surface area contributed by atoms with Gasteiger partial charge in [-0.2, -0.15) is 0 Å². The van der Waals surface area contributed by atoms with Crippen LogP contribution in [0.5, 0.6) is 0 Å². The van der Waals surface area contributed by atoms with Crippen LogP contribution in [0.25, 0.3) is 0 Å². The number of amides is 2. The van der Waals surface area contributed by atoms with Crippen LogP contribution in [-0.2, 0) is 4.74 Å². The quantitative estimate of drug-likeness (QED) is 0.863. The molecule has 1 fully saturated rings. The number of hydrogen-bond acceptors (Lipinski definition) is 5. The van der Waals surface area contributed by atoms with Gasteiger partial charge >= 0.3 is 12.0 Å². The number of nitrogens with zero attached hydrogens (tertiary/aromatic N) is 2. The molecule has 1 aliphatic heterocycles. The van der Waals surface area contributed by atoms with Crippen molar-refractivity contribution in [2.24, 2.45) is 0 Å². The number of aromatic nitrogens is 1. The molecule has 1 N–H and O–H groups in total. The number of benzene rings is 1. The summed E-state index contributed by atoms with van der Waals surface area (Å²) in [5, 5.41) is 6.88. The zero-order valence-corrected chi connectivity index (χ0v) is 14.5. The standard InChI is InChI=1S/C18H21N3O4/c1-11-16(12(2)25-20-11)15-5-4-10-21(15)18(23)19-14-8-6-13(7-9-14)17(22)24-3/h6-9,15H,4-5,10H2,1-3H3,(H,19,23)/t15-/m1/s1. The highest BCUT2D eigenvalue weighted by Crippen LogP contribution is 2.35. The van der Waals surface area contributed by atoms with Crippen LogP contribution in [0.1, 0.15) is 46.3 Å². The van der Waals surface area contributed by atoms with E-state index in [0.29, 0.717) is 17.8 Å². The van der Waals surface area contributed by atoms with Gasteiger partial charge < -0.3 is 19.5 Å². The first-order valence-corrected chi connectivity index (χ1v) is 8.20. The number of aryl methyl sites for hydroxylation is 2. The summed E-state index contributed by atoms with van der Waals surface area (Å²) >= 11 is 0. The Balaban J connectivity index is 1.73. The van der Waals surface area contributed by atoms with Crippen LogP contribution in [-0.4, -0.2) is 35.7 Å². The molecular weight excluding hydrogens is 322 g/mol. The second kappa shape index (κ2) is 6.96. The first-order chi connectivity index (χ1) is 12.0. The average molecular weight is 343 g/mol. The van der Waals surface area contributed by atoms with Crippen molar-refractivity contribution in [3.63, 3.8) is 0 Å². The minimum absolute atomic E-state index is 0.0272. The van der Waals surface area contributed by atoms with Gasteiger partial charge in [-0.15, -0.1) is 0 Å². The summed E-state index contributed by atoms with van der Waals surface area (Å²) in [4.78, 5) is 26.0. The number of methoxy groups -OCH3 is 1. The molecule has 132 valence electrons. The van der Waals surface area contributed by atoms with E-state index in [1.54, 1.807) is 29.2 Å². The Morgan fingerprint density at radius 3 is 2.60 bits per heavy atom. The van der Waals surface area contributed by atoms with Crippen LogP contribution in [0.15, 0.2) is 28.8 Å². The predicted molar refractivity (Wildman–Crippen MR) is 91.5 cm³/mol. The summed E-state index contributed by atoms with van der Waals surface area (Å²) in [6.07, 6.45) is 1.82. The molecule has 0 saturated carbocycles.